The Hall–Kier alpha value is -1.50. The molecule has 2 N–H and O–H groups in total. The summed E-state index contributed by atoms with van der Waals surface area (Å²) < 4.78 is 49.4. The Kier molecular flexibility index (Phi) is 18.5. The number of rotatable bonds is 23. The van der Waals surface area contributed by atoms with Crippen LogP contribution in [0.1, 0.15) is 19.3 Å². The molecule has 0 radical (unpaired) electrons. The molecule has 2 rings (SSSR count). The van der Waals surface area contributed by atoms with E-state index in [9.17, 15) is 0 Å². The van der Waals surface area contributed by atoms with Crippen molar-refractivity contribution in [3.05, 3.63) is 24.3 Å². The van der Waals surface area contributed by atoms with Crippen LogP contribution in [0.25, 0.3) is 0 Å². The van der Waals surface area contributed by atoms with Gasteiger partial charge in [0, 0.05) is 12.3 Å². The lowest BCUT2D eigenvalue weighted by atomic mass is 10.2. The molecule has 0 aliphatic carbocycles. The van der Waals surface area contributed by atoms with E-state index in [0.29, 0.717) is 98.2 Å². The highest BCUT2D eigenvalue weighted by Crippen LogP contribution is 2.13. The van der Waals surface area contributed by atoms with Crippen LogP contribution in [0.15, 0.2) is 24.3 Å². The SMILES string of the molecule is Nc1ccc(OCCOCCOCCOCCOCCOCCOCCOC2CCCCO2)cc1. The average Bonchev–Trinajstić information content (AvgIpc) is 2.88. The van der Waals surface area contributed by atoms with Crippen molar-refractivity contribution >= 4 is 5.69 Å². The molecule has 202 valence electrons. The van der Waals surface area contributed by atoms with Crippen LogP contribution in [0.2, 0.25) is 0 Å². The molecule has 10 nitrogen and oxygen atoms in total. The van der Waals surface area contributed by atoms with E-state index < -0.39 is 0 Å². The standard InChI is InChI=1S/C25H43NO9/c26-23-4-6-24(7-5-23)33-21-19-31-17-15-29-13-11-27-9-10-28-12-14-30-16-18-32-20-22-35-25-3-1-2-8-34-25/h4-7,25H,1-3,8-22,26H2. The summed E-state index contributed by atoms with van der Waals surface area (Å²) >= 11 is 0. The molecule has 1 heterocycles. The van der Waals surface area contributed by atoms with Gasteiger partial charge in [-0.2, -0.15) is 0 Å². The van der Waals surface area contributed by atoms with Crippen molar-refractivity contribution in [3.8, 4) is 5.75 Å². The average molecular weight is 502 g/mol. The Balaban J connectivity index is 1.18. The van der Waals surface area contributed by atoms with Gasteiger partial charge in [-0.15, -0.1) is 0 Å². The van der Waals surface area contributed by atoms with Crippen molar-refractivity contribution in [1.82, 2.24) is 0 Å². The Bertz CT molecular complexity index is 585. The Morgan fingerprint density at radius 2 is 1.06 bits per heavy atom. The number of nitrogens with two attached hydrogens (primary N) is 1. The second kappa shape index (κ2) is 21.8. The maximum Gasteiger partial charge on any atom is 0.157 e. The first-order chi connectivity index (χ1) is 17.3. The maximum absolute atomic E-state index is 5.63. The minimum absolute atomic E-state index is 0.0601. The minimum atomic E-state index is -0.0601. The summed E-state index contributed by atoms with van der Waals surface area (Å²) in [6.45, 7) is 8.15. The zero-order chi connectivity index (χ0) is 24.7. The number of nitrogen functional groups attached to an aromatic ring is 1. The number of ether oxygens (including phenoxy) is 9. The van der Waals surface area contributed by atoms with Gasteiger partial charge in [-0.3, -0.25) is 0 Å². The van der Waals surface area contributed by atoms with Gasteiger partial charge in [-0.1, -0.05) is 0 Å². The molecule has 1 atom stereocenters. The molecular weight excluding hydrogens is 458 g/mol. The summed E-state index contributed by atoms with van der Waals surface area (Å²) in [6.07, 6.45) is 3.21. The number of benzene rings is 1. The van der Waals surface area contributed by atoms with Crippen molar-refractivity contribution in [1.29, 1.82) is 0 Å². The van der Waals surface area contributed by atoms with Crippen LogP contribution in [0.3, 0.4) is 0 Å². The minimum Gasteiger partial charge on any atom is -0.491 e. The van der Waals surface area contributed by atoms with E-state index in [0.717, 1.165) is 25.2 Å². The molecule has 10 heteroatoms. The topological polar surface area (TPSA) is 109 Å². The van der Waals surface area contributed by atoms with Gasteiger partial charge in [0.15, 0.2) is 6.29 Å². The van der Waals surface area contributed by atoms with Crippen LogP contribution >= 0.6 is 0 Å². The Morgan fingerprint density at radius 3 is 1.51 bits per heavy atom. The van der Waals surface area contributed by atoms with E-state index in [2.05, 4.69) is 0 Å². The van der Waals surface area contributed by atoms with Crippen molar-refractivity contribution in [2.75, 3.05) is 105 Å². The third-order valence-electron chi connectivity index (χ3n) is 4.91. The third-order valence-corrected chi connectivity index (χ3v) is 4.91. The van der Waals surface area contributed by atoms with Crippen molar-refractivity contribution in [3.63, 3.8) is 0 Å². The quantitative estimate of drug-likeness (QED) is 0.177. The first kappa shape index (κ1) is 29.7. The molecule has 0 aromatic heterocycles. The van der Waals surface area contributed by atoms with Crippen molar-refractivity contribution < 1.29 is 42.6 Å². The zero-order valence-electron chi connectivity index (χ0n) is 20.9. The van der Waals surface area contributed by atoms with Gasteiger partial charge in [0.2, 0.25) is 0 Å². The van der Waals surface area contributed by atoms with Gasteiger partial charge in [-0.25, -0.2) is 0 Å². The normalized spacial score (nSPS) is 15.9. The van der Waals surface area contributed by atoms with Gasteiger partial charge in [0.1, 0.15) is 12.4 Å². The molecule has 0 bridgehead atoms. The summed E-state index contributed by atoms with van der Waals surface area (Å²) in [5, 5.41) is 0. The summed E-state index contributed by atoms with van der Waals surface area (Å²) in [4.78, 5) is 0. The smallest absolute Gasteiger partial charge is 0.157 e. The van der Waals surface area contributed by atoms with Gasteiger partial charge >= 0.3 is 0 Å². The van der Waals surface area contributed by atoms with E-state index >= 15 is 0 Å². The van der Waals surface area contributed by atoms with E-state index in [1.54, 1.807) is 12.1 Å². The van der Waals surface area contributed by atoms with E-state index in [-0.39, 0.29) is 6.29 Å². The van der Waals surface area contributed by atoms with Gasteiger partial charge in [0.05, 0.1) is 85.9 Å². The first-order valence-corrected chi connectivity index (χ1v) is 12.5. The number of anilines is 1. The van der Waals surface area contributed by atoms with Crippen LogP contribution in [-0.2, 0) is 37.9 Å². The molecule has 1 fully saturated rings. The lowest BCUT2D eigenvalue weighted by Crippen LogP contribution is -2.24. The third kappa shape index (κ3) is 17.6. The van der Waals surface area contributed by atoms with E-state index in [1.165, 1.54) is 6.42 Å². The van der Waals surface area contributed by atoms with E-state index in [4.69, 9.17) is 48.4 Å². The molecule has 1 aromatic rings. The fraction of sp³-hybridized carbons (Fsp3) is 0.760. The number of hydrogen-bond acceptors (Lipinski definition) is 10. The highest BCUT2D eigenvalue weighted by atomic mass is 16.7. The predicted octanol–water partition coefficient (Wildman–Crippen LogP) is 2.29. The molecule has 1 unspecified atom stereocenters. The lowest BCUT2D eigenvalue weighted by Gasteiger charge is -2.22. The maximum atomic E-state index is 5.63. The molecular formula is C25H43NO9. The molecule has 1 aliphatic heterocycles. The van der Waals surface area contributed by atoms with Crippen molar-refractivity contribution in [2.45, 2.75) is 25.6 Å². The Labute approximate surface area is 209 Å². The highest BCUT2D eigenvalue weighted by molar-refractivity contribution is 5.41. The monoisotopic (exact) mass is 501 g/mol. The number of hydrogen-bond donors (Lipinski definition) is 1. The van der Waals surface area contributed by atoms with Crippen LogP contribution in [-0.4, -0.2) is 105 Å². The van der Waals surface area contributed by atoms with Crippen LogP contribution in [0.4, 0.5) is 5.69 Å². The second-order valence-corrected chi connectivity index (χ2v) is 7.76. The summed E-state index contributed by atoms with van der Waals surface area (Å²) in [6, 6.07) is 7.28. The fourth-order valence-corrected chi connectivity index (χ4v) is 3.07. The molecule has 0 amide bonds. The molecule has 1 aliphatic rings. The molecule has 1 aromatic carbocycles. The largest absolute Gasteiger partial charge is 0.491 e. The molecule has 35 heavy (non-hydrogen) atoms. The van der Waals surface area contributed by atoms with Gasteiger partial charge in [0.25, 0.3) is 0 Å². The van der Waals surface area contributed by atoms with E-state index in [1.807, 2.05) is 12.1 Å². The predicted molar refractivity (Wildman–Crippen MR) is 131 cm³/mol. The molecule has 0 saturated carbocycles. The van der Waals surface area contributed by atoms with Crippen LogP contribution < -0.4 is 10.5 Å². The summed E-state index contributed by atoms with van der Waals surface area (Å²) in [5.41, 5.74) is 6.34. The summed E-state index contributed by atoms with van der Waals surface area (Å²) in [7, 11) is 0. The molecule has 1 saturated heterocycles. The second-order valence-electron chi connectivity index (χ2n) is 7.76. The van der Waals surface area contributed by atoms with Gasteiger partial charge < -0.3 is 48.4 Å². The molecule has 0 spiro atoms. The Morgan fingerprint density at radius 1 is 0.600 bits per heavy atom. The van der Waals surface area contributed by atoms with Crippen LogP contribution in [0.5, 0.6) is 5.75 Å². The first-order valence-electron chi connectivity index (χ1n) is 12.5. The zero-order valence-corrected chi connectivity index (χ0v) is 20.9. The fourth-order valence-electron chi connectivity index (χ4n) is 3.07. The van der Waals surface area contributed by atoms with Crippen LogP contribution in [0, 0.1) is 0 Å². The van der Waals surface area contributed by atoms with Crippen molar-refractivity contribution in [2.24, 2.45) is 0 Å². The highest BCUT2D eigenvalue weighted by Gasteiger charge is 2.13. The lowest BCUT2D eigenvalue weighted by molar-refractivity contribution is -0.169. The summed E-state index contributed by atoms with van der Waals surface area (Å²) in [5.74, 6) is 0.778. The van der Waals surface area contributed by atoms with Gasteiger partial charge in [-0.05, 0) is 43.5 Å².